The molecule has 10 heteroatoms. The van der Waals surface area contributed by atoms with E-state index in [-0.39, 0.29) is 9.92 Å². The predicted octanol–water partition coefficient (Wildman–Crippen LogP) is 2.89. The summed E-state index contributed by atoms with van der Waals surface area (Å²) in [4.78, 5) is 13.2. The van der Waals surface area contributed by atoms with Crippen LogP contribution in [-0.4, -0.2) is 62.0 Å². The highest BCUT2D eigenvalue weighted by Gasteiger charge is 2.31. The molecule has 0 N–H and O–H groups in total. The van der Waals surface area contributed by atoms with Gasteiger partial charge in [0.2, 0.25) is 10.0 Å². The molecule has 0 amide bonds. The Balaban J connectivity index is 1.47. The van der Waals surface area contributed by atoms with E-state index >= 15 is 0 Å². The van der Waals surface area contributed by atoms with Crippen molar-refractivity contribution in [3.63, 3.8) is 0 Å². The van der Waals surface area contributed by atoms with Crippen LogP contribution in [0.1, 0.15) is 12.8 Å². The first-order valence-corrected chi connectivity index (χ1v) is 11.4. The van der Waals surface area contributed by atoms with E-state index in [1.54, 1.807) is 12.4 Å². The minimum atomic E-state index is -3.69. The minimum Gasteiger partial charge on any atom is -0.356 e. The van der Waals surface area contributed by atoms with Gasteiger partial charge in [-0.1, -0.05) is 23.2 Å². The number of benzene rings is 1. The van der Waals surface area contributed by atoms with Gasteiger partial charge in [0.05, 0.1) is 5.02 Å². The molecular weight excluding hydrogens is 421 g/mol. The maximum Gasteiger partial charge on any atom is 0.244 e. The average Bonchev–Trinajstić information content (AvgIpc) is 3.25. The van der Waals surface area contributed by atoms with Crippen LogP contribution in [-0.2, 0) is 10.0 Å². The van der Waals surface area contributed by atoms with Crippen LogP contribution in [0.25, 0.3) is 0 Å². The number of rotatable bonds is 4. The third kappa shape index (κ3) is 3.91. The van der Waals surface area contributed by atoms with Gasteiger partial charge in [0.15, 0.2) is 0 Å². The molecule has 0 atom stereocenters. The molecule has 2 aromatic rings. The van der Waals surface area contributed by atoms with Crippen LogP contribution in [0.5, 0.6) is 0 Å². The SMILES string of the molecule is O=S(=O)(c1cc(Cl)ccc1Cl)N1CCN(c2cc(N3CCCC3)ncn2)CC1. The molecule has 2 aliphatic rings. The van der Waals surface area contributed by atoms with Crippen molar-refractivity contribution in [3.05, 3.63) is 40.6 Å². The van der Waals surface area contributed by atoms with Crippen molar-refractivity contribution < 1.29 is 8.42 Å². The van der Waals surface area contributed by atoms with Crippen LogP contribution in [0.4, 0.5) is 11.6 Å². The highest BCUT2D eigenvalue weighted by molar-refractivity contribution is 7.89. The second-order valence-corrected chi connectivity index (χ2v) is 9.64. The Labute approximate surface area is 174 Å². The Bertz CT molecular complexity index is 958. The van der Waals surface area contributed by atoms with Crippen LogP contribution >= 0.6 is 23.2 Å². The number of halogens is 2. The molecule has 0 saturated carbocycles. The first-order chi connectivity index (χ1) is 13.4. The molecule has 28 heavy (non-hydrogen) atoms. The molecular formula is C18H21Cl2N5O2S. The lowest BCUT2D eigenvalue weighted by atomic mass is 10.3. The smallest absolute Gasteiger partial charge is 0.244 e. The number of hydrogen-bond acceptors (Lipinski definition) is 6. The van der Waals surface area contributed by atoms with E-state index < -0.39 is 10.0 Å². The lowest BCUT2D eigenvalue weighted by molar-refractivity contribution is 0.384. The lowest BCUT2D eigenvalue weighted by Gasteiger charge is -2.35. The maximum atomic E-state index is 13.0. The molecule has 150 valence electrons. The zero-order valence-electron chi connectivity index (χ0n) is 15.3. The van der Waals surface area contributed by atoms with Crippen molar-refractivity contribution in [3.8, 4) is 0 Å². The third-order valence-corrected chi connectivity index (χ3v) is 7.76. The largest absolute Gasteiger partial charge is 0.356 e. The number of sulfonamides is 1. The second kappa shape index (κ2) is 8.02. The van der Waals surface area contributed by atoms with Gasteiger partial charge in [-0.2, -0.15) is 4.31 Å². The van der Waals surface area contributed by atoms with Crippen LogP contribution < -0.4 is 9.80 Å². The summed E-state index contributed by atoms with van der Waals surface area (Å²) in [5, 5.41) is 0.523. The third-order valence-electron chi connectivity index (χ3n) is 5.14. The molecule has 2 saturated heterocycles. The number of anilines is 2. The molecule has 0 aliphatic carbocycles. The first kappa shape index (κ1) is 19.7. The van der Waals surface area contributed by atoms with Crippen molar-refractivity contribution in [2.75, 3.05) is 49.1 Å². The molecule has 0 spiro atoms. The highest BCUT2D eigenvalue weighted by Crippen LogP contribution is 2.29. The Morgan fingerprint density at radius 3 is 2.07 bits per heavy atom. The van der Waals surface area contributed by atoms with E-state index in [1.165, 1.54) is 29.3 Å². The first-order valence-electron chi connectivity index (χ1n) is 9.22. The molecule has 1 aromatic carbocycles. The number of aromatic nitrogens is 2. The van der Waals surface area contributed by atoms with Crippen LogP contribution in [0.3, 0.4) is 0 Å². The van der Waals surface area contributed by atoms with Crippen LogP contribution in [0.2, 0.25) is 10.0 Å². The summed E-state index contributed by atoms with van der Waals surface area (Å²) < 4.78 is 27.4. The second-order valence-electron chi connectivity index (χ2n) is 6.89. The summed E-state index contributed by atoms with van der Waals surface area (Å²) in [7, 11) is -3.69. The van der Waals surface area contributed by atoms with Crippen molar-refractivity contribution in [1.29, 1.82) is 0 Å². The summed E-state index contributed by atoms with van der Waals surface area (Å²) in [5.41, 5.74) is 0. The van der Waals surface area contributed by atoms with E-state index in [0.29, 0.717) is 31.2 Å². The fourth-order valence-corrected chi connectivity index (χ4v) is 5.76. The Hall–Kier alpha value is -1.61. The normalized spacial score (nSPS) is 18.6. The highest BCUT2D eigenvalue weighted by atomic mass is 35.5. The van der Waals surface area contributed by atoms with Crippen LogP contribution in [0.15, 0.2) is 35.5 Å². The Kier molecular flexibility index (Phi) is 5.64. The number of piperazine rings is 1. The van der Waals surface area contributed by atoms with Gasteiger partial charge in [0.25, 0.3) is 0 Å². The molecule has 4 rings (SSSR count). The summed E-state index contributed by atoms with van der Waals surface area (Å²) in [6.07, 6.45) is 3.95. The molecule has 0 unspecified atom stereocenters. The van der Waals surface area contributed by atoms with Gasteiger partial charge in [-0.25, -0.2) is 18.4 Å². The van der Waals surface area contributed by atoms with E-state index in [0.717, 1.165) is 24.7 Å². The van der Waals surface area contributed by atoms with Gasteiger partial charge >= 0.3 is 0 Å². The molecule has 2 fully saturated rings. The van der Waals surface area contributed by atoms with Gasteiger partial charge in [0, 0.05) is 50.4 Å². The van der Waals surface area contributed by atoms with Crippen molar-refractivity contribution in [2.45, 2.75) is 17.7 Å². The van der Waals surface area contributed by atoms with E-state index in [1.807, 2.05) is 6.07 Å². The fraction of sp³-hybridized carbons (Fsp3) is 0.444. The van der Waals surface area contributed by atoms with E-state index in [2.05, 4.69) is 19.8 Å². The summed E-state index contributed by atoms with van der Waals surface area (Å²) in [5.74, 6) is 1.76. The van der Waals surface area contributed by atoms with Crippen molar-refractivity contribution in [1.82, 2.24) is 14.3 Å². The van der Waals surface area contributed by atoms with E-state index in [9.17, 15) is 8.42 Å². The summed E-state index contributed by atoms with van der Waals surface area (Å²) >= 11 is 12.1. The van der Waals surface area contributed by atoms with E-state index in [4.69, 9.17) is 23.2 Å². The molecule has 0 bridgehead atoms. The monoisotopic (exact) mass is 441 g/mol. The maximum absolute atomic E-state index is 13.0. The topological polar surface area (TPSA) is 69.6 Å². The molecule has 2 aliphatic heterocycles. The average molecular weight is 442 g/mol. The van der Waals surface area contributed by atoms with Gasteiger partial charge in [-0.15, -0.1) is 0 Å². The summed E-state index contributed by atoms with van der Waals surface area (Å²) in [6.45, 7) is 3.84. The van der Waals surface area contributed by atoms with Gasteiger partial charge in [0.1, 0.15) is 22.9 Å². The number of nitrogens with zero attached hydrogens (tertiary/aromatic N) is 5. The zero-order chi connectivity index (χ0) is 19.7. The molecule has 1 aromatic heterocycles. The van der Waals surface area contributed by atoms with Gasteiger partial charge < -0.3 is 9.80 Å². The fourth-order valence-electron chi connectivity index (χ4n) is 3.60. The molecule has 0 radical (unpaired) electrons. The van der Waals surface area contributed by atoms with Crippen molar-refractivity contribution in [2.24, 2.45) is 0 Å². The summed E-state index contributed by atoms with van der Waals surface area (Å²) in [6, 6.07) is 6.48. The number of hydrogen-bond donors (Lipinski definition) is 0. The molecule has 7 nitrogen and oxygen atoms in total. The lowest BCUT2D eigenvalue weighted by Crippen LogP contribution is -2.49. The standard InChI is InChI=1S/C18H21Cl2N5O2S/c19-14-3-4-15(20)16(11-14)28(26,27)25-9-7-24(8-10-25)18-12-17(21-13-22-18)23-5-1-2-6-23/h3-4,11-13H,1-2,5-10H2. The Morgan fingerprint density at radius 1 is 0.821 bits per heavy atom. The molecule has 3 heterocycles. The quantitative estimate of drug-likeness (QED) is 0.726. The Morgan fingerprint density at radius 2 is 1.43 bits per heavy atom. The predicted molar refractivity (Wildman–Crippen MR) is 111 cm³/mol. The van der Waals surface area contributed by atoms with Crippen molar-refractivity contribution >= 4 is 44.9 Å². The minimum absolute atomic E-state index is 0.0495. The van der Waals surface area contributed by atoms with Gasteiger partial charge in [-0.05, 0) is 31.0 Å². The zero-order valence-corrected chi connectivity index (χ0v) is 17.6. The van der Waals surface area contributed by atoms with Gasteiger partial charge in [-0.3, -0.25) is 0 Å². The van der Waals surface area contributed by atoms with Crippen LogP contribution in [0, 0.1) is 0 Å².